The number of thioether (sulfide) groups is 1. The molecule has 0 aliphatic carbocycles. The van der Waals surface area contributed by atoms with Crippen LogP contribution in [0.15, 0.2) is 18.2 Å². The van der Waals surface area contributed by atoms with Crippen molar-refractivity contribution in [3.63, 3.8) is 0 Å². The highest BCUT2D eigenvalue weighted by atomic mass is 35.5. The van der Waals surface area contributed by atoms with Gasteiger partial charge in [0, 0.05) is 37.7 Å². The van der Waals surface area contributed by atoms with Gasteiger partial charge in [-0.25, -0.2) is 0 Å². The Bertz CT molecular complexity index is 582. The Kier molecular flexibility index (Phi) is 6.70. The predicted octanol–water partition coefficient (Wildman–Crippen LogP) is 2.81. The Labute approximate surface area is 157 Å². The maximum absolute atomic E-state index is 12.8. The van der Waals surface area contributed by atoms with Crippen LogP contribution in [0.25, 0.3) is 0 Å². The third-order valence-corrected chi connectivity index (χ3v) is 6.29. The quantitative estimate of drug-likeness (QED) is 0.793. The molecule has 1 atom stereocenters. The summed E-state index contributed by atoms with van der Waals surface area (Å²) in [6, 6.07) is 5.69. The summed E-state index contributed by atoms with van der Waals surface area (Å²) in [5.41, 5.74) is 0.915. The molecule has 7 heteroatoms. The summed E-state index contributed by atoms with van der Waals surface area (Å²) in [4.78, 5) is 17.3. The molecule has 0 N–H and O–H groups in total. The highest BCUT2D eigenvalue weighted by Crippen LogP contribution is 2.24. The second-order valence-corrected chi connectivity index (χ2v) is 8.12. The first-order valence-electron chi connectivity index (χ1n) is 8.25. The first-order chi connectivity index (χ1) is 11.6. The van der Waals surface area contributed by atoms with Gasteiger partial charge < -0.3 is 9.64 Å². The van der Waals surface area contributed by atoms with Gasteiger partial charge in [0.05, 0.1) is 35.7 Å². The number of halogens is 2. The third-order valence-electron chi connectivity index (χ3n) is 4.46. The summed E-state index contributed by atoms with van der Waals surface area (Å²) in [6.45, 7) is 5.24. The SMILES string of the molecule is O=C(Cc1ccc(Cl)c(Cl)c1)N1CCSCC1CN1CCOCC1. The molecule has 2 aliphatic heterocycles. The van der Waals surface area contributed by atoms with E-state index in [1.165, 1.54) is 0 Å². The molecule has 4 nitrogen and oxygen atoms in total. The van der Waals surface area contributed by atoms with Crippen LogP contribution in [0.3, 0.4) is 0 Å². The Balaban J connectivity index is 1.62. The summed E-state index contributed by atoms with van der Waals surface area (Å²) >= 11 is 13.9. The smallest absolute Gasteiger partial charge is 0.227 e. The molecule has 0 bridgehead atoms. The van der Waals surface area contributed by atoms with E-state index in [-0.39, 0.29) is 11.9 Å². The van der Waals surface area contributed by atoms with Crippen LogP contribution < -0.4 is 0 Å². The Morgan fingerprint density at radius 1 is 1.21 bits per heavy atom. The van der Waals surface area contributed by atoms with Gasteiger partial charge in [-0.05, 0) is 17.7 Å². The average molecular weight is 389 g/mol. The Morgan fingerprint density at radius 2 is 2.00 bits per heavy atom. The highest BCUT2D eigenvalue weighted by molar-refractivity contribution is 7.99. The van der Waals surface area contributed by atoms with Gasteiger partial charge in [0.2, 0.25) is 5.91 Å². The fraction of sp³-hybridized carbons (Fsp3) is 0.588. The van der Waals surface area contributed by atoms with Crippen molar-refractivity contribution in [2.75, 3.05) is 50.9 Å². The number of carbonyl (C=O) groups excluding carboxylic acids is 1. The second kappa shape index (κ2) is 8.77. The molecule has 132 valence electrons. The molecular weight excluding hydrogens is 367 g/mol. The molecule has 2 aliphatic rings. The van der Waals surface area contributed by atoms with Crippen molar-refractivity contribution in [1.82, 2.24) is 9.80 Å². The fourth-order valence-corrected chi connectivity index (χ4v) is 4.51. The number of amides is 1. The summed E-state index contributed by atoms with van der Waals surface area (Å²) < 4.78 is 5.41. The Morgan fingerprint density at radius 3 is 2.75 bits per heavy atom. The molecule has 2 saturated heterocycles. The zero-order chi connectivity index (χ0) is 16.9. The number of hydrogen-bond acceptors (Lipinski definition) is 4. The molecule has 1 unspecified atom stereocenters. The lowest BCUT2D eigenvalue weighted by Gasteiger charge is -2.39. The van der Waals surface area contributed by atoms with E-state index in [0.29, 0.717) is 16.5 Å². The van der Waals surface area contributed by atoms with Crippen molar-refractivity contribution in [2.45, 2.75) is 12.5 Å². The molecule has 1 aromatic rings. The predicted molar refractivity (Wildman–Crippen MR) is 100 cm³/mol. The van der Waals surface area contributed by atoms with Crippen molar-refractivity contribution in [1.29, 1.82) is 0 Å². The molecule has 0 aromatic heterocycles. The van der Waals surface area contributed by atoms with E-state index in [2.05, 4.69) is 9.80 Å². The monoisotopic (exact) mass is 388 g/mol. The minimum Gasteiger partial charge on any atom is -0.379 e. The van der Waals surface area contributed by atoms with Gasteiger partial charge in [0.15, 0.2) is 0 Å². The van der Waals surface area contributed by atoms with Crippen molar-refractivity contribution in [3.8, 4) is 0 Å². The summed E-state index contributed by atoms with van der Waals surface area (Å²) in [7, 11) is 0. The van der Waals surface area contributed by atoms with Gasteiger partial charge in [-0.3, -0.25) is 9.69 Å². The largest absolute Gasteiger partial charge is 0.379 e. The number of hydrogen-bond donors (Lipinski definition) is 0. The van der Waals surface area contributed by atoms with Crippen molar-refractivity contribution in [2.24, 2.45) is 0 Å². The van der Waals surface area contributed by atoms with Crippen LogP contribution in [-0.2, 0) is 16.0 Å². The molecule has 1 aromatic carbocycles. The van der Waals surface area contributed by atoms with E-state index in [1.54, 1.807) is 12.1 Å². The number of morpholine rings is 1. The van der Waals surface area contributed by atoms with Crippen LogP contribution >= 0.6 is 35.0 Å². The molecule has 3 rings (SSSR count). The van der Waals surface area contributed by atoms with Crippen molar-refractivity contribution < 1.29 is 9.53 Å². The summed E-state index contributed by atoms with van der Waals surface area (Å²) in [6.07, 6.45) is 0.376. The zero-order valence-electron chi connectivity index (χ0n) is 13.5. The molecule has 0 saturated carbocycles. The lowest BCUT2D eigenvalue weighted by Crippen LogP contribution is -2.53. The molecule has 0 spiro atoms. The minimum absolute atomic E-state index is 0.173. The summed E-state index contributed by atoms with van der Waals surface area (Å²) in [5.74, 6) is 2.18. The molecule has 0 radical (unpaired) electrons. The van der Waals surface area contributed by atoms with Gasteiger partial charge in [0.25, 0.3) is 0 Å². The topological polar surface area (TPSA) is 32.8 Å². The first kappa shape index (κ1) is 18.3. The van der Waals surface area contributed by atoms with Crippen LogP contribution in [0.1, 0.15) is 5.56 Å². The first-order valence-corrected chi connectivity index (χ1v) is 10.2. The zero-order valence-corrected chi connectivity index (χ0v) is 15.9. The molecule has 24 heavy (non-hydrogen) atoms. The van der Waals surface area contributed by atoms with E-state index in [0.717, 1.165) is 56.5 Å². The maximum atomic E-state index is 12.8. The lowest BCUT2D eigenvalue weighted by molar-refractivity contribution is -0.132. The van der Waals surface area contributed by atoms with E-state index in [1.807, 2.05) is 17.8 Å². The van der Waals surface area contributed by atoms with Gasteiger partial charge in [-0.1, -0.05) is 29.3 Å². The number of nitrogens with zero attached hydrogens (tertiary/aromatic N) is 2. The van der Waals surface area contributed by atoms with E-state index >= 15 is 0 Å². The van der Waals surface area contributed by atoms with Crippen LogP contribution in [-0.4, -0.2) is 72.6 Å². The lowest BCUT2D eigenvalue weighted by atomic mass is 10.1. The average Bonchev–Trinajstić information content (AvgIpc) is 2.59. The van der Waals surface area contributed by atoms with E-state index < -0.39 is 0 Å². The fourth-order valence-electron chi connectivity index (χ4n) is 3.14. The normalized spacial score (nSPS) is 22.6. The van der Waals surface area contributed by atoms with Crippen molar-refractivity contribution >= 4 is 40.9 Å². The van der Waals surface area contributed by atoms with Gasteiger partial charge in [-0.2, -0.15) is 11.8 Å². The van der Waals surface area contributed by atoms with Crippen LogP contribution in [0.4, 0.5) is 0 Å². The molecule has 2 heterocycles. The highest BCUT2D eigenvalue weighted by Gasteiger charge is 2.29. The van der Waals surface area contributed by atoms with E-state index in [4.69, 9.17) is 27.9 Å². The van der Waals surface area contributed by atoms with Crippen LogP contribution in [0, 0.1) is 0 Å². The molecular formula is C17H22Cl2N2O2S. The van der Waals surface area contributed by atoms with E-state index in [9.17, 15) is 4.79 Å². The van der Waals surface area contributed by atoms with Gasteiger partial charge in [0.1, 0.15) is 0 Å². The molecule has 1 amide bonds. The van der Waals surface area contributed by atoms with Gasteiger partial charge >= 0.3 is 0 Å². The van der Waals surface area contributed by atoms with Crippen LogP contribution in [0.5, 0.6) is 0 Å². The van der Waals surface area contributed by atoms with Crippen LogP contribution in [0.2, 0.25) is 10.0 Å². The molecule has 2 fully saturated rings. The number of carbonyl (C=O) groups is 1. The maximum Gasteiger partial charge on any atom is 0.227 e. The standard InChI is InChI=1S/C17H22Cl2N2O2S/c18-15-2-1-13(9-16(15)19)10-17(22)21-5-8-24-12-14(21)11-20-3-6-23-7-4-20/h1-2,9,14H,3-8,10-12H2. The number of rotatable bonds is 4. The third kappa shape index (κ3) is 4.79. The second-order valence-electron chi connectivity index (χ2n) is 6.15. The number of benzene rings is 1. The number of ether oxygens (including phenoxy) is 1. The minimum atomic E-state index is 0.173. The Hall–Kier alpha value is -0.460. The summed E-state index contributed by atoms with van der Waals surface area (Å²) in [5, 5.41) is 1.02. The van der Waals surface area contributed by atoms with Crippen molar-refractivity contribution in [3.05, 3.63) is 33.8 Å². The van der Waals surface area contributed by atoms with Gasteiger partial charge in [-0.15, -0.1) is 0 Å².